The highest BCUT2D eigenvalue weighted by atomic mass is 32.1. The van der Waals surface area contributed by atoms with Crippen LogP contribution in [0, 0.1) is 6.92 Å². The van der Waals surface area contributed by atoms with Gasteiger partial charge in [-0.3, -0.25) is 0 Å². The average molecular weight is 378 g/mol. The predicted octanol–water partition coefficient (Wildman–Crippen LogP) is 6.24. The first-order valence-electron chi connectivity index (χ1n) is 9.40. The maximum atomic E-state index is 12.1. The number of urea groups is 1. The number of nitrogens with zero attached hydrogens (tertiary/aromatic N) is 1. The summed E-state index contributed by atoms with van der Waals surface area (Å²) in [6.45, 7) is 2.09. The summed E-state index contributed by atoms with van der Waals surface area (Å²) in [4.78, 5) is 16.8. The molecule has 5 heteroatoms. The zero-order valence-corrected chi connectivity index (χ0v) is 16.2. The van der Waals surface area contributed by atoms with Crippen molar-refractivity contribution in [1.29, 1.82) is 0 Å². The first kappa shape index (κ1) is 17.7. The van der Waals surface area contributed by atoms with E-state index < -0.39 is 0 Å². The predicted molar refractivity (Wildman–Crippen MR) is 113 cm³/mol. The fourth-order valence-corrected chi connectivity index (χ4v) is 4.41. The van der Waals surface area contributed by atoms with E-state index in [1.165, 1.54) is 35.1 Å². The lowest BCUT2D eigenvalue weighted by Crippen LogP contribution is -2.24. The van der Waals surface area contributed by atoms with E-state index in [4.69, 9.17) is 4.98 Å². The Morgan fingerprint density at radius 3 is 2.63 bits per heavy atom. The molecule has 1 aromatic heterocycles. The van der Waals surface area contributed by atoms with Gasteiger partial charge in [0.2, 0.25) is 0 Å². The molecule has 27 heavy (non-hydrogen) atoms. The Bertz CT molecular complexity index is 980. The fraction of sp³-hybridized carbons (Fsp3) is 0.273. The number of amides is 2. The van der Waals surface area contributed by atoms with Crippen LogP contribution in [0.25, 0.3) is 20.8 Å². The summed E-state index contributed by atoms with van der Waals surface area (Å²) in [5.41, 5.74) is 5.43. The molecule has 1 aliphatic rings. The molecule has 0 spiro atoms. The molecular formula is C22H23N3OS. The summed E-state index contributed by atoms with van der Waals surface area (Å²) in [6, 6.07) is 13.9. The molecule has 4 nitrogen and oxygen atoms in total. The molecule has 1 fully saturated rings. The molecule has 1 heterocycles. The summed E-state index contributed by atoms with van der Waals surface area (Å²) in [5.74, 6) is 0. The van der Waals surface area contributed by atoms with E-state index in [1.54, 1.807) is 11.3 Å². The molecule has 2 aromatic carbocycles. The molecule has 2 amide bonds. The molecule has 3 aromatic rings. The number of hydrogen-bond acceptors (Lipinski definition) is 3. The number of carbonyl (C=O) groups excluding carboxylic acids is 1. The molecule has 0 aliphatic heterocycles. The Balaban J connectivity index is 1.41. The highest BCUT2D eigenvalue weighted by molar-refractivity contribution is 7.21. The largest absolute Gasteiger partial charge is 0.323 e. The van der Waals surface area contributed by atoms with E-state index >= 15 is 0 Å². The van der Waals surface area contributed by atoms with E-state index in [-0.39, 0.29) is 6.03 Å². The zero-order valence-electron chi connectivity index (χ0n) is 15.4. The van der Waals surface area contributed by atoms with Gasteiger partial charge in [0.1, 0.15) is 5.01 Å². The van der Waals surface area contributed by atoms with Crippen LogP contribution in [0.3, 0.4) is 0 Å². The Hall–Kier alpha value is -2.66. The molecule has 0 atom stereocenters. The third kappa shape index (κ3) is 4.37. The summed E-state index contributed by atoms with van der Waals surface area (Å²) in [5, 5.41) is 6.72. The standard InChI is InChI=1S/C22H23N3OS/c1-15-7-12-19-20(13-15)27-21(25-19)17-8-10-18(11-9-17)24-22(26)23-14-16-5-3-2-4-6-16/h7-14H,2-6H2,1H3,(H2,23,24,26). The molecule has 0 saturated heterocycles. The number of rotatable bonds is 3. The normalized spacial score (nSPS) is 14.2. The van der Waals surface area contributed by atoms with Crippen molar-refractivity contribution in [1.82, 2.24) is 10.3 Å². The van der Waals surface area contributed by atoms with Gasteiger partial charge in [-0.15, -0.1) is 11.3 Å². The van der Waals surface area contributed by atoms with Crippen LogP contribution < -0.4 is 10.6 Å². The fourth-order valence-electron chi connectivity index (χ4n) is 3.34. The Kier molecular flexibility index (Phi) is 5.21. The molecule has 1 aliphatic carbocycles. The number of anilines is 1. The third-order valence-corrected chi connectivity index (χ3v) is 5.90. The van der Waals surface area contributed by atoms with Crippen LogP contribution in [0.15, 0.2) is 54.2 Å². The lowest BCUT2D eigenvalue weighted by molar-refractivity contribution is 0.255. The number of aromatic nitrogens is 1. The lowest BCUT2D eigenvalue weighted by Gasteiger charge is -2.13. The second kappa shape index (κ2) is 7.92. The minimum atomic E-state index is -0.198. The lowest BCUT2D eigenvalue weighted by atomic mass is 9.96. The summed E-state index contributed by atoms with van der Waals surface area (Å²) >= 11 is 1.69. The number of fused-ring (bicyclic) bond motifs is 1. The van der Waals surface area contributed by atoms with E-state index in [1.807, 2.05) is 30.5 Å². The van der Waals surface area contributed by atoms with Crippen LogP contribution in [0.4, 0.5) is 10.5 Å². The van der Waals surface area contributed by atoms with Crippen molar-refractivity contribution in [2.24, 2.45) is 0 Å². The summed E-state index contributed by atoms with van der Waals surface area (Å²) < 4.78 is 1.20. The Labute approximate surface area is 163 Å². The number of allylic oxidation sites excluding steroid dienone is 1. The van der Waals surface area contributed by atoms with Crippen LogP contribution in [0.1, 0.15) is 37.7 Å². The van der Waals surface area contributed by atoms with Gasteiger partial charge in [0, 0.05) is 17.5 Å². The summed E-state index contributed by atoms with van der Waals surface area (Å²) in [7, 11) is 0. The Morgan fingerprint density at radius 1 is 1.07 bits per heavy atom. The van der Waals surface area contributed by atoms with Gasteiger partial charge >= 0.3 is 6.03 Å². The van der Waals surface area contributed by atoms with Crippen molar-refractivity contribution in [2.45, 2.75) is 39.0 Å². The van der Waals surface area contributed by atoms with Gasteiger partial charge in [0.15, 0.2) is 0 Å². The van der Waals surface area contributed by atoms with Gasteiger partial charge in [0.25, 0.3) is 0 Å². The van der Waals surface area contributed by atoms with Gasteiger partial charge in [-0.2, -0.15) is 0 Å². The van der Waals surface area contributed by atoms with Crippen molar-refractivity contribution >= 4 is 33.3 Å². The van der Waals surface area contributed by atoms with Crippen molar-refractivity contribution in [3.05, 3.63) is 59.8 Å². The van der Waals surface area contributed by atoms with Crippen LogP contribution in [-0.2, 0) is 0 Å². The number of benzene rings is 2. The number of thiazole rings is 1. The van der Waals surface area contributed by atoms with Crippen LogP contribution >= 0.6 is 11.3 Å². The number of aryl methyl sites for hydroxylation is 1. The van der Waals surface area contributed by atoms with Crippen LogP contribution in [0.5, 0.6) is 0 Å². The van der Waals surface area contributed by atoms with Gasteiger partial charge in [-0.25, -0.2) is 9.78 Å². The minimum Gasteiger partial charge on any atom is -0.314 e. The number of carbonyl (C=O) groups is 1. The van der Waals surface area contributed by atoms with Crippen molar-refractivity contribution < 1.29 is 4.79 Å². The smallest absolute Gasteiger partial charge is 0.314 e. The van der Waals surface area contributed by atoms with Crippen LogP contribution in [-0.4, -0.2) is 11.0 Å². The molecule has 0 bridgehead atoms. The van der Waals surface area contributed by atoms with E-state index in [9.17, 15) is 4.79 Å². The number of nitrogens with one attached hydrogen (secondary N) is 2. The SMILES string of the molecule is Cc1ccc2nc(-c3ccc(NC(=O)NC=C4CCCCC4)cc3)sc2c1. The van der Waals surface area contributed by atoms with E-state index in [0.29, 0.717) is 0 Å². The quantitative estimate of drug-likeness (QED) is 0.567. The van der Waals surface area contributed by atoms with Crippen LogP contribution in [0.2, 0.25) is 0 Å². The monoisotopic (exact) mass is 377 g/mol. The highest BCUT2D eigenvalue weighted by Gasteiger charge is 2.08. The third-order valence-electron chi connectivity index (χ3n) is 4.84. The highest BCUT2D eigenvalue weighted by Crippen LogP contribution is 2.31. The minimum absolute atomic E-state index is 0.198. The average Bonchev–Trinajstić information content (AvgIpc) is 3.11. The molecule has 0 radical (unpaired) electrons. The second-order valence-corrected chi connectivity index (χ2v) is 8.06. The zero-order chi connectivity index (χ0) is 18.6. The number of hydrogen-bond donors (Lipinski definition) is 2. The molecule has 138 valence electrons. The maximum Gasteiger partial charge on any atom is 0.323 e. The first-order chi connectivity index (χ1) is 13.2. The molecule has 0 unspecified atom stereocenters. The van der Waals surface area contributed by atoms with Crippen molar-refractivity contribution in [2.75, 3.05) is 5.32 Å². The topological polar surface area (TPSA) is 54.0 Å². The molecule has 1 saturated carbocycles. The van der Waals surface area contributed by atoms with Crippen molar-refractivity contribution in [3.63, 3.8) is 0 Å². The van der Waals surface area contributed by atoms with Gasteiger partial charge in [0.05, 0.1) is 10.2 Å². The second-order valence-electron chi connectivity index (χ2n) is 7.03. The van der Waals surface area contributed by atoms with E-state index in [2.05, 4.69) is 35.8 Å². The Morgan fingerprint density at radius 2 is 1.85 bits per heavy atom. The summed E-state index contributed by atoms with van der Waals surface area (Å²) in [6.07, 6.45) is 7.80. The molecule has 2 N–H and O–H groups in total. The maximum absolute atomic E-state index is 12.1. The van der Waals surface area contributed by atoms with Gasteiger partial charge in [-0.05, 0) is 74.6 Å². The molecule has 4 rings (SSSR count). The van der Waals surface area contributed by atoms with Gasteiger partial charge in [-0.1, -0.05) is 18.1 Å². The van der Waals surface area contributed by atoms with E-state index in [0.717, 1.165) is 34.6 Å². The van der Waals surface area contributed by atoms with Crippen molar-refractivity contribution in [3.8, 4) is 10.6 Å². The van der Waals surface area contributed by atoms with Gasteiger partial charge < -0.3 is 10.6 Å². The first-order valence-corrected chi connectivity index (χ1v) is 10.2. The molecular weight excluding hydrogens is 354 g/mol.